The number of nitro benzene ring substituents is 1. The van der Waals surface area contributed by atoms with Crippen LogP contribution in [0.2, 0.25) is 0 Å². The molecule has 194 valence electrons. The minimum Gasteiger partial charge on any atom is -0.497 e. The van der Waals surface area contributed by atoms with Crippen LogP contribution in [0.3, 0.4) is 0 Å². The second-order valence-electron chi connectivity index (χ2n) is 7.40. The van der Waals surface area contributed by atoms with Crippen molar-refractivity contribution in [1.82, 2.24) is 9.19 Å². The molecule has 0 aliphatic heterocycles. The van der Waals surface area contributed by atoms with Crippen molar-refractivity contribution >= 4 is 58.5 Å². The molecule has 3 aromatic carbocycles. The number of rotatable bonds is 10. The van der Waals surface area contributed by atoms with Crippen molar-refractivity contribution in [2.24, 2.45) is 0 Å². The number of halogens is 2. The number of fused-ring (bicyclic) bond motifs is 1. The number of hydrogen-bond donors (Lipinski definition) is 0. The summed E-state index contributed by atoms with van der Waals surface area (Å²) in [6.45, 7) is 0.0420. The van der Waals surface area contributed by atoms with Crippen molar-refractivity contribution in [2.75, 3.05) is 27.4 Å². The summed E-state index contributed by atoms with van der Waals surface area (Å²) >= 11 is 6.53. The van der Waals surface area contributed by atoms with Gasteiger partial charge in [-0.05, 0) is 74.3 Å². The molecule has 0 atom stereocenters. The van der Waals surface area contributed by atoms with E-state index in [2.05, 4.69) is 37.0 Å². The first kappa shape index (κ1) is 26.7. The number of benzene rings is 3. The predicted molar refractivity (Wildman–Crippen MR) is 141 cm³/mol. The Bertz CT molecular complexity index is 1550. The third kappa shape index (κ3) is 5.50. The summed E-state index contributed by atoms with van der Waals surface area (Å²) in [7, 11) is -1.07. The van der Waals surface area contributed by atoms with Gasteiger partial charge in [0.25, 0.3) is 15.7 Å². The first-order valence-corrected chi connectivity index (χ1v) is 13.5. The zero-order chi connectivity index (χ0) is 26.7. The van der Waals surface area contributed by atoms with Crippen LogP contribution in [-0.2, 0) is 10.0 Å². The molecule has 4 rings (SSSR count). The lowest BCUT2D eigenvalue weighted by Gasteiger charge is -2.10. The van der Waals surface area contributed by atoms with Gasteiger partial charge in [0.2, 0.25) is 5.88 Å². The summed E-state index contributed by atoms with van der Waals surface area (Å²) in [6.07, 6.45) is 0. The van der Waals surface area contributed by atoms with Gasteiger partial charge < -0.3 is 18.9 Å². The molecule has 0 aliphatic rings. The lowest BCUT2D eigenvalue weighted by atomic mass is 10.2. The molecule has 0 bridgehead atoms. The third-order valence-electron chi connectivity index (χ3n) is 5.17. The average Bonchev–Trinajstić information content (AvgIpc) is 3.26. The van der Waals surface area contributed by atoms with Gasteiger partial charge >= 0.3 is 0 Å². The van der Waals surface area contributed by atoms with Crippen LogP contribution in [0.1, 0.15) is 0 Å². The molecule has 0 saturated heterocycles. The fourth-order valence-corrected chi connectivity index (χ4v) is 6.05. The zero-order valence-electron chi connectivity index (χ0n) is 19.4. The van der Waals surface area contributed by atoms with E-state index < -0.39 is 14.9 Å². The minimum atomic E-state index is -4.05. The standard InChI is InChI=1S/C23H19Br2N3O8S/c1-33-15-3-6-17(7-4-15)37(31,32)27-21-8-5-16(34-2)13-18(21)23(26-27)36-10-9-35-22-19(24)11-14(28(29)30)12-20(22)25/h3-8,11-13H,9-10H2,1-2H3. The van der Waals surface area contributed by atoms with Gasteiger partial charge in [-0.2, -0.15) is 8.42 Å². The van der Waals surface area contributed by atoms with Gasteiger partial charge in [0, 0.05) is 12.1 Å². The Morgan fingerprint density at radius 3 is 2.11 bits per heavy atom. The quantitative estimate of drug-likeness (QED) is 0.129. The van der Waals surface area contributed by atoms with Crippen LogP contribution in [0, 0.1) is 10.1 Å². The molecular weight excluding hydrogens is 638 g/mol. The number of methoxy groups -OCH3 is 2. The first-order valence-electron chi connectivity index (χ1n) is 10.5. The number of nitro groups is 1. The van der Waals surface area contributed by atoms with Gasteiger partial charge in [0.15, 0.2) is 0 Å². The molecule has 1 heterocycles. The molecule has 0 amide bonds. The molecular formula is C23H19Br2N3O8S. The zero-order valence-corrected chi connectivity index (χ0v) is 23.4. The molecule has 0 fully saturated rings. The number of ether oxygens (including phenoxy) is 4. The topological polar surface area (TPSA) is 132 Å². The van der Waals surface area contributed by atoms with E-state index in [4.69, 9.17) is 18.9 Å². The monoisotopic (exact) mass is 655 g/mol. The highest BCUT2D eigenvalue weighted by molar-refractivity contribution is 9.11. The molecule has 1 aromatic heterocycles. The van der Waals surface area contributed by atoms with Gasteiger partial charge in [-0.15, -0.1) is 9.19 Å². The van der Waals surface area contributed by atoms with E-state index in [1.54, 1.807) is 30.3 Å². The van der Waals surface area contributed by atoms with Crippen LogP contribution in [0.4, 0.5) is 5.69 Å². The molecule has 14 heteroatoms. The first-order chi connectivity index (χ1) is 17.6. The summed E-state index contributed by atoms with van der Waals surface area (Å²) in [5.74, 6) is 1.43. The predicted octanol–water partition coefficient (Wildman–Crippen LogP) is 5.18. The second kappa shape index (κ2) is 10.9. The molecule has 0 spiro atoms. The van der Waals surface area contributed by atoms with Crippen LogP contribution in [0.5, 0.6) is 23.1 Å². The van der Waals surface area contributed by atoms with E-state index >= 15 is 0 Å². The van der Waals surface area contributed by atoms with Gasteiger partial charge in [0.1, 0.15) is 30.5 Å². The van der Waals surface area contributed by atoms with E-state index in [1.807, 2.05) is 0 Å². The Balaban J connectivity index is 1.59. The highest BCUT2D eigenvalue weighted by atomic mass is 79.9. The number of hydrogen-bond acceptors (Lipinski definition) is 9. The second-order valence-corrected chi connectivity index (χ2v) is 10.9. The summed E-state index contributed by atoms with van der Waals surface area (Å²) in [5, 5.41) is 15.7. The van der Waals surface area contributed by atoms with Crippen LogP contribution in [0.15, 0.2) is 68.4 Å². The minimum absolute atomic E-state index is 0.00176. The normalized spacial score (nSPS) is 11.4. The molecule has 0 N–H and O–H groups in total. The summed E-state index contributed by atoms with van der Waals surface area (Å²) in [4.78, 5) is 10.5. The Morgan fingerprint density at radius 1 is 0.919 bits per heavy atom. The van der Waals surface area contributed by atoms with Crippen molar-refractivity contribution in [1.29, 1.82) is 0 Å². The van der Waals surface area contributed by atoms with E-state index in [-0.39, 0.29) is 29.7 Å². The van der Waals surface area contributed by atoms with E-state index in [0.29, 0.717) is 37.1 Å². The smallest absolute Gasteiger partial charge is 0.283 e. The molecule has 0 unspecified atom stereocenters. The molecule has 11 nitrogen and oxygen atoms in total. The van der Waals surface area contributed by atoms with Crippen molar-refractivity contribution in [2.45, 2.75) is 4.90 Å². The molecule has 0 saturated carbocycles. The van der Waals surface area contributed by atoms with Crippen molar-refractivity contribution < 1.29 is 32.3 Å². The Morgan fingerprint density at radius 2 is 1.51 bits per heavy atom. The third-order valence-corrected chi connectivity index (χ3v) is 7.95. The van der Waals surface area contributed by atoms with E-state index in [1.165, 1.54) is 38.5 Å². The van der Waals surface area contributed by atoms with Gasteiger partial charge in [-0.1, -0.05) is 0 Å². The fraction of sp³-hybridized carbons (Fsp3) is 0.174. The lowest BCUT2D eigenvalue weighted by molar-refractivity contribution is -0.385. The number of nitrogens with zero attached hydrogens (tertiary/aromatic N) is 3. The lowest BCUT2D eigenvalue weighted by Crippen LogP contribution is -2.15. The van der Waals surface area contributed by atoms with Crippen LogP contribution in [0.25, 0.3) is 10.9 Å². The van der Waals surface area contributed by atoms with Crippen LogP contribution < -0.4 is 18.9 Å². The average molecular weight is 657 g/mol. The summed E-state index contributed by atoms with van der Waals surface area (Å²) in [5.41, 5.74) is 0.194. The summed E-state index contributed by atoms with van der Waals surface area (Å²) in [6, 6.07) is 13.4. The fourth-order valence-electron chi connectivity index (χ4n) is 3.38. The molecule has 4 aromatic rings. The van der Waals surface area contributed by atoms with Crippen LogP contribution >= 0.6 is 31.9 Å². The van der Waals surface area contributed by atoms with Crippen molar-refractivity contribution in [3.05, 3.63) is 73.7 Å². The van der Waals surface area contributed by atoms with Crippen molar-refractivity contribution in [3.63, 3.8) is 0 Å². The highest BCUT2D eigenvalue weighted by Gasteiger charge is 2.24. The number of aromatic nitrogens is 2. The van der Waals surface area contributed by atoms with E-state index in [0.717, 1.165) is 4.09 Å². The Labute approximate surface area is 228 Å². The van der Waals surface area contributed by atoms with E-state index in [9.17, 15) is 18.5 Å². The van der Waals surface area contributed by atoms with Gasteiger partial charge in [-0.25, -0.2) is 0 Å². The highest BCUT2D eigenvalue weighted by Crippen LogP contribution is 2.37. The Kier molecular flexibility index (Phi) is 7.90. The molecule has 37 heavy (non-hydrogen) atoms. The maximum Gasteiger partial charge on any atom is 0.283 e. The SMILES string of the molecule is COc1ccc(S(=O)(=O)n2nc(OCCOc3c(Br)cc([N+](=O)[O-])cc3Br)c3cc(OC)ccc32)cc1. The molecule has 0 aliphatic carbocycles. The summed E-state index contributed by atoms with van der Waals surface area (Å²) < 4.78 is 50.3. The maximum atomic E-state index is 13.4. The van der Waals surface area contributed by atoms with Crippen LogP contribution in [-0.4, -0.2) is 50.0 Å². The maximum absolute atomic E-state index is 13.4. The van der Waals surface area contributed by atoms with Gasteiger partial charge in [0.05, 0.1) is 43.9 Å². The Hall–Kier alpha value is -3.36. The largest absolute Gasteiger partial charge is 0.497 e. The molecule has 0 radical (unpaired) electrons. The van der Waals surface area contributed by atoms with Gasteiger partial charge in [-0.3, -0.25) is 10.1 Å². The number of non-ortho nitro benzene ring substituents is 1. The van der Waals surface area contributed by atoms with Crippen molar-refractivity contribution in [3.8, 4) is 23.1 Å².